The van der Waals surface area contributed by atoms with E-state index < -0.39 is 0 Å². The van der Waals surface area contributed by atoms with E-state index >= 15 is 0 Å². The first-order valence-corrected chi connectivity index (χ1v) is 6.78. The minimum absolute atomic E-state index is 0.293. The van der Waals surface area contributed by atoms with Crippen LogP contribution in [-0.2, 0) is 0 Å². The standard InChI is InChI=1S/C18H16O2/c1-12(2)14-8-9-16(13-6-4-3-5-7-13)18-15(10-14)11-17(19)20-18/h3-12H,1-2H3. The van der Waals surface area contributed by atoms with E-state index in [0.29, 0.717) is 11.7 Å². The van der Waals surface area contributed by atoms with Gasteiger partial charge in [-0.25, -0.2) is 4.79 Å². The first-order chi connectivity index (χ1) is 9.65. The molecular formula is C18H16O2. The molecule has 0 atom stereocenters. The van der Waals surface area contributed by atoms with Crippen molar-refractivity contribution < 1.29 is 4.42 Å². The van der Waals surface area contributed by atoms with Crippen LogP contribution in [0.15, 0.2) is 63.8 Å². The van der Waals surface area contributed by atoms with Gasteiger partial charge in [0.05, 0.1) is 0 Å². The van der Waals surface area contributed by atoms with Gasteiger partial charge in [-0.2, -0.15) is 0 Å². The van der Waals surface area contributed by atoms with Crippen molar-refractivity contribution in [2.24, 2.45) is 0 Å². The van der Waals surface area contributed by atoms with Gasteiger partial charge in [0.15, 0.2) is 0 Å². The van der Waals surface area contributed by atoms with Crippen LogP contribution in [-0.4, -0.2) is 0 Å². The summed E-state index contributed by atoms with van der Waals surface area (Å²) >= 11 is 0. The maximum atomic E-state index is 11.6. The summed E-state index contributed by atoms with van der Waals surface area (Å²) in [5.74, 6) is 1.06. The molecule has 1 heterocycles. The van der Waals surface area contributed by atoms with Crippen LogP contribution in [0.1, 0.15) is 25.3 Å². The smallest absolute Gasteiger partial charge is 0.336 e. The second-order valence-corrected chi connectivity index (χ2v) is 5.26. The van der Waals surface area contributed by atoms with E-state index in [-0.39, 0.29) is 5.63 Å². The Hall–Kier alpha value is -2.35. The third-order valence-corrected chi connectivity index (χ3v) is 3.50. The Bertz CT molecular complexity index is 754. The van der Waals surface area contributed by atoms with E-state index in [1.54, 1.807) is 6.07 Å². The summed E-state index contributed by atoms with van der Waals surface area (Å²) in [5, 5.41) is 0. The fraction of sp³-hybridized carbons (Fsp3) is 0.167. The van der Waals surface area contributed by atoms with Crippen LogP contribution in [0.25, 0.3) is 22.5 Å². The summed E-state index contributed by atoms with van der Waals surface area (Å²) in [5.41, 5.74) is 3.77. The Labute approximate surface area is 118 Å². The lowest BCUT2D eigenvalue weighted by molar-refractivity contribution is 0.546. The lowest BCUT2D eigenvalue weighted by atomic mass is 10.0. The van der Waals surface area contributed by atoms with E-state index in [1.165, 1.54) is 5.56 Å². The third-order valence-electron chi connectivity index (χ3n) is 3.50. The highest BCUT2D eigenvalue weighted by Gasteiger charge is 2.15. The summed E-state index contributed by atoms with van der Waals surface area (Å²) in [6.07, 6.45) is 0. The average Bonchev–Trinajstić information content (AvgIpc) is 2.70. The lowest BCUT2D eigenvalue weighted by Crippen LogP contribution is -1.85. The molecule has 100 valence electrons. The van der Waals surface area contributed by atoms with Gasteiger partial charge in [-0.1, -0.05) is 56.3 Å². The molecule has 0 N–H and O–H groups in total. The fourth-order valence-electron chi connectivity index (χ4n) is 2.39. The normalized spacial score (nSPS) is 11.2. The quantitative estimate of drug-likeness (QED) is 0.680. The molecule has 0 aromatic heterocycles. The molecule has 0 amide bonds. The number of furan rings is 1. The van der Waals surface area contributed by atoms with Gasteiger partial charge < -0.3 is 4.42 Å². The van der Waals surface area contributed by atoms with Crippen LogP contribution < -0.4 is 5.63 Å². The first kappa shape index (κ1) is 12.7. The molecule has 2 nitrogen and oxygen atoms in total. The van der Waals surface area contributed by atoms with Crippen molar-refractivity contribution in [3.05, 3.63) is 70.6 Å². The monoisotopic (exact) mass is 264 g/mol. The van der Waals surface area contributed by atoms with Gasteiger partial charge in [-0.05, 0) is 23.1 Å². The number of benzene rings is 1. The summed E-state index contributed by atoms with van der Waals surface area (Å²) < 4.78 is 5.39. The molecule has 0 saturated carbocycles. The number of hydrogen-bond donors (Lipinski definition) is 0. The van der Waals surface area contributed by atoms with E-state index in [1.807, 2.05) is 42.5 Å². The highest BCUT2D eigenvalue weighted by atomic mass is 16.4. The van der Waals surface area contributed by atoms with Crippen molar-refractivity contribution >= 4 is 0 Å². The van der Waals surface area contributed by atoms with Gasteiger partial charge in [-0.3, -0.25) is 0 Å². The predicted octanol–water partition coefficient (Wildman–Crippen LogP) is 4.54. The zero-order valence-electron chi connectivity index (χ0n) is 11.6. The number of hydrogen-bond acceptors (Lipinski definition) is 2. The molecule has 1 aromatic carbocycles. The minimum atomic E-state index is -0.293. The third kappa shape index (κ3) is 2.25. The van der Waals surface area contributed by atoms with Crippen LogP contribution in [0, 0.1) is 0 Å². The molecule has 1 aliphatic carbocycles. The van der Waals surface area contributed by atoms with Crippen LogP contribution in [0.2, 0.25) is 0 Å². The van der Waals surface area contributed by atoms with Gasteiger partial charge in [-0.15, -0.1) is 0 Å². The largest absolute Gasteiger partial charge is 0.422 e. The maximum absolute atomic E-state index is 11.6. The van der Waals surface area contributed by atoms with Gasteiger partial charge in [0.2, 0.25) is 0 Å². The van der Waals surface area contributed by atoms with Crippen molar-refractivity contribution in [1.82, 2.24) is 0 Å². The highest BCUT2D eigenvalue weighted by Crippen LogP contribution is 2.33. The fourth-order valence-corrected chi connectivity index (χ4v) is 2.39. The topological polar surface area (TPSA) is 30.2 Å². The maximum Gasteiger partial charge on any atom is 0.336 e. The second kappa shape index (κ2) is 4.97. The minimum Gasteiger partial charge on any atom is -0.422 e. The van der Waals surface area contributed by atoms with Gasteiger partial charge in [0.25, 0.3) is 0 Å². The molecular weight excluding hydrogens is 248 g/mol. The van der Waals surface area contributed by atoms with Crippen LogP contribution in [0.4, 0.5) is 0 Å². The Morgan fingerprint density at radius 2 is 1.65 bits per heavy atom. The van der Waals surface area contributed by atoms with Crippen LogP contribution >= 0.6 is 0 Å². The van der Waals surface area contributed by atoms with Crippen molar-refractivity contribution in [3.8, 4) is 22.5 Å². The Morgan fingerprint density at radius 1 is 0.900 bits per heavy atom. The molecule has 0 unspecified atom stereocenters. The van der Waals surface area contributed by atoms with E-state index in [9.17, 15) is 4.79 Å². The summed E-state index contributed by atoms with van der Waals surface area (Å²) in [4.78, 5) is 11.6. The molecule has 1 aliphatic heterocycles. The molecule has 2 aliphatic rings. The molecule has 0 radical (unpaired) electrons. The second-order valence-electron chi connectivity index (χ2n) is 5.26. The molecule has 0 spiro atoms. The van der Waals surface area contributed by atoms with E-state index in [2.05, 4.69) is 19.9 Å². The number of fused-ring (bicyclic) bond motifs is 1. The van der Waals surface area contributed by atoms with E-state index in [0.717, 1.165) is 16.7 Å². The average molecular weight is 264 g/mol. The molecule has 1 aromatic rings. The Balaban J connectivity index is 2.31. The SMILES string of the molecule is CC(C)c1ccc(-c2ccccc2)c2oc(=O)cc-2c1. The Morgan fingerprint density at radius 3 is 2.35 bits per heavy atom. The van der Waals surface area contributed by atoms with Crippen molar-refractivity contribution in [3.63, 3.8) is 0 Å². The van der Waals surface area contributed by atoms with Crippen LogP contribution in [0.5, 0.6) is 0 Å². The first-order valence-electron chi connectivity index (χ1n) is 6.78. The Kier molecular flexibility index (Phi) is 3.15. The zero-order valence-corrected chi connectivity index (χ0v) is 11.6. The highest BCUT2D eigenvalue weighted by molar-refractivity contribution is 5.80. The predicted molar refractivity (Wildman–Crippen MR) is 81.1 cm³/mol. The van der Waals surface area contributed by atoms with Crippen molar-refractivity contribution in [1.29, 1.82) is 0 Å². The van der Waals surface area contributed by atoms with Gasteiger partial charge in [0, 0.05) is 17.2 Å². The molecule has 3 rings (SSSR count). The van der Waals surface area contributed by atoms with Gasteiger partial charge in [0.1, 0.15) is 5.76 Å². The number of rotatable bonds is 2. The van der Waals surface area contributed by atoms with Crippen molar-refractivity contribution in [2.75, 3.05) is 0 Å². The van der Waals surface area contributed by atoms with E-state index in [4.69, 9.17) is 4.42 Å². The lowest BCUT2D eigenvalue weighted by Gasteiger charge is -2.01. The summed E-state index contributed by atoms with van der Waals surface area (Å²) in [6, 6.07) is 17.7. The van der Waals surface area contributed by atoms with Crippen molar-refractivity contribution in [2.45, 2.75) is 19.8 Å². The summed E-state index contributed by atoms with van der Waals surface area (Å²) in [6.45, 7) is 4.28. The molecule has 20 heavy (non-hydrogen) atoms. The molecule has 2 heteroatoms. The van der Waals surface area contributed by atoms with Crippen LogP contribution in [0.3, 0.4) is 0 Å². The zero-order chi connectivity index (χ0) is 14.1. The molecule has 0 fully saturated rings. The van der Waals surface area contributed by atoms with Gasteiger partial charge >= 0.3 is 5.63 Å². The summed E-state index contributed by atoms with van der Waals surface area (Å²) in [7, 11) is 0. The molecule has 0 saturated heterocycles. The molecule has 0 bridgehead atoms.